The molecule has 1 aliphatic rings. The number of nitrogens with one attached hydrogen (secondary N) is 1. The van der Waals surface area contributed by atoms with Crippen LogP contribution in [0.5, 0.6) is 0 Å². The molecule has 1 rings (SSSR count). The Hall–Kier alpha value is -0.760. The quantitative estimate of drug-likeness (QED) is 0.743. The number of aliphatic carboxylic acids is 1. The second kappa shape index (κ2) is 7.63. The van der Waals surface area contributed by atoms with Crippen LogP contribution in [0.15, 0.2) is 0 Å². The van der Waals surface area contributed by atoms with Gasteiger partial charge in [-0.1, -0.05) is 6.92 Å². The molecule has 18 heavy (non-hydrogen) atoms. The third-order valence-corrected chi connectivity index (χ3v) is 4.93. The second-order valence-electron chi connectivity index (χ2n) is 3.79. The minimum atomic E-state index is -0.977. The van der Waals surface area contributed by atoms with Crippen molar-refractivity contribution in [3.63, 3.8) is 0 Å². The van der Waals surface area contributed by atoms with Crippen LogP contribution in [0.2, 0.25) is 0 Å². The second-order valence-corrected chi connectivity index (χ2v) is 6.80. The van der Waals surface area contributed by atoms with Crippen LogP contribution in [-0.2, 0) is 15.6 Å². The first-order chi connectivity index (χ1) is 8.56. The number of hydrogen-bond acceptors (Lipinski definition) is 4. The number of urea groups is 1. The maximum Gasteiger partial charge on any atom is 0.327 e. The van der Waals surface area contributed by atoms with Gasteiger partial charge >= 0.3 is 12.0 Å². The largest absolute Gasteiger partial charge is 0.480 e. The van der Waals surface area contributed by atoms with Gasteiger partial charge in [-0.2, -0.15) is 11.8 Å². The fraction of sp³-hybridized carbons (Fsp3) is 0.800. The van der Waals surface area contributed by atoms with Crippen molar-refractivity contribution in [2.75, 3.05) is 36.1 Å². The van der Waals surface area contributed by atoms with Crippen molar-refractivity contribution in [2.24, 2.45) is 0 Å². The van der Waals surface area contributed by atoms with Crippen LogP contribution in [0, 0.1) is 0 Å². The van der Waals surface area contributed by atoms with E-state index in [1.165, 1.54) is 16.7 Å². The zero-order valence-electron chi connectivity index (χ0n) is 10.3. The molecular weight excluding hydrogens is 276 g/mol. The highest BCUT2D eigenvalue weighted by Crippen LogP contribution is 2.16. The van der Waals surface area contributed by atoms with Crippen LogP contribution in [-0.4, -0.2) is 68.4 Å². The van der Waals surface area contributed by atoms with Crippen molar-refractivity contribution in [3.8, 4) is 0 Å². The van der Waals surface area contributed by atoms with Gasteiger partial charge in [0.15, 0.2) is 0 Å². The Morgan fingerprint density at radius 3 is 2.89 bits per heavy atom. The fourth-order valence-corrected chi connectivity index (χ4v) is 3.23. The lowest BCUT2D eigenvalue weighted by atomic mass is 10.3. The molecule has 0 aromatic rings. The first-order valence-electron chi connectivity index (χ1n) is 5.76. The third kappa shape index (κ3) is 4.49. The monoisotopic (exact) mass is 294 g/mol. The van der Waals surface area contributed by atoms with Crippen molar-refractivity contribution >= 4 is 34.6 Å². The molecule has 104 valence electrons. The van der Waals surface area contributed by atoms with Crippen molar-refractivity contribution in [1.82, 2.24) is 10.2 Å². The number of carbonyl (C=O) groups is 2. The number of carboxylic acid groups (broad SMARTS) is 1. The number of amides is 2. The molecule has 2 N–H and O–H groups in total. The lowest BCUT2D eigenvalue weighted by Gasteiger charge is -2.32. The number of carbonyl (C=O) groups excluding carboxylic acids is 1. The molecule has 1 aliphatic heterocycles. The summed E-state index contributed by atoms with van der Waals surface area (Å²) in [5, 5.41) is 11.6. The van der Waals surface area contributed by atoms with E-state index in [1.807, 2.05) is 6.92 Å². The average molecular weight is 294 g/mol. The molecule has 1 fully saturated rings. The molecule has 2 atom stereocenters. The lowest BCUT2D eigenvalue weighted by Crippen LogP contribution is -2.54. The Balaban J connectivity index is 2.43. The molecule has 0 saturated carbocycles. The summed E-state index contributed by atoms with van der Waals surface area (Å²) in [5.41, 5.74) is 0. The SMILES string of the molecule is CCS(=O)CCNC(=O)N1CCSCC1C(=O)O. The minimum Gasteiger partial charge on any atom is -0.480 e. The van der Waals surface area contributed by atoms with Crippen LogP contribution in [0.25, 0.3) is 0 Å². The number of rotatable bonds is 5. The molecular formula is C10H18N2O4S2. The molecule has 0 aromatic heterocycles. The Labute approximate surface area is 113 Å². The predicted octanol–water partition coefficient (Wildman–Crippen LogP) is -0.0334. The molecule has 2 amide bonds. The summed E-state index contributed by atoms with van der Waals surface area (Å²) in [7, 11) is -0.920. The van der Waals surface area contributed by atoms with E-state index in [1.54, 1.807) is 0 Å². The molecule has 6 nitrogen and oxygen atoms in total. The van der Waals surface area contributed by atoms with E-state index in [2.05, 4.69) is 5.32 Å². The van der Waals surface area contributed by atoms with Crippen LogP contribution in [0.3, 0.4) is 0 Å². The smallest absolute Gasteiger partial charge is 0.327 e. The van der Waals surface area contributed by atoms with Gasteiger partial charge in [-0.15, -0.1) is 0 Å². The minimum absolute atomic E-state index is 0.315. The van der Waals surface area contributed by atoms with E-state index in [-0.39, 0.29) is 6.03 Å². The molecule has 8 heteroatoms. The van der Waals surface area contributed by atoms with Gasteiger partial charge < -0.3 is 15.3 Å². The van der Waals surface area contributed by atoms with Crippen LogP contribution in [0.1, 0.15) is 6.92 Å². The molecule has 0 aliphatic carbocycles. The van der Waals surface area contributed by atoms with Gasteiger partial charge in [0.05, 0.1) is 0 Å². The zero-order chi connectivity index (χ0) is 13.5. The molecule has 0 spiro atoms. The van der Waals surface area contributed by atoms with E-state index in [0.29, 0.717) is 30.3 Å². The molecule has 1 saturated heterocycles. The fourth-order valence-electron chi connectivity index (χ4n) is 1.57. The number of nitrogens with zero attached hydrogens (tertiary/aromatic N) is 1. The molecule has 1 heterocycles. The zero-order valence-corrected chi connectivity index (χ0v) is 11.9. The summed E-state index contributed by atoms with van der Waals surface area (Å²) >= 11 is 1.53. The van der Waals surface area contributed by atoms with E-state index >= 15 is 0 Å². The first-order valence-corrected chi connectivity index (χ1v) is 8.40. The van der Waals surface area contributed by atoms with Crippen LogP contribution < -0.4 is 5.32 Å². The van der Waals surface area contributed by atoms with Gasteiger partial charge in [0.2, 0.25) is 0 Å². The summed E-state index contributed by atoms with van der Waals surface area (Å²) in [6, 6.07) is -1.14. The van der Waals surface area contributed by atoms with Crippen molar-refractivity contribution in [3.05, 3.63) is 0 Å². The van der Waals surface area contributed by atoms with E-state index in [0.717, 1.165) is 5.75 Å². The molecule has 0 bridgehead atoms. The van der Waals surface area contributed by atoms with Crippen LogP contribution in [0.4, 0.5) is 4.79 Å². The average Bonchev–Trinajstić information content (AvgIpc) is 2.38. The number of hydrogen-bond donors (Lipinski definition) is 2. The topological polar surface area (TPSA) is 86.7 Å². The van der Waals surface area contributed by atoms with Crippen LogP contribution >= 0.6 is 11.8 Å². The van der Waals surface area contributed by atoms with E-state index in [9.17, 15) is 13.8 Å². The first kappa shape index (κ1) is 15.3. The predicted molar refractivity (Wildman–Crippen MR) is 72.4 cm³/mol. The standard InChI is InChI=1S/C10H18N2O4S2/c1-2-18(16)6-3-11-10(15)12-4-5-17-7-8(12)9(13)14/h8H,2-7H2,1H3,(H,11,15)(H,13,14). The molecule has 2 unspecified atom stereocenters. The number of thioether (sulfide) groups is 1. The van der Waals surface area contributed by atoms with Crippen molar-refractivity contribution < 1.29 is 18.9 Å². The Bertz CT molecular complexity index is 338. The van der Waals surface area contributed by atoms with Gasteiger partial charge in [-0.3, -0.25) is 4.21 Å². The Morgan fingerprint density at radius 1 is 1.56 bits per heavy atom. The summed E-state index contributed by atoms with van der Waals surface area (Å²) < 4.78 is 11.2. The van der Waals surface area contributed by atoms with Gasteiger partial charge in [-0.05, 0) is 0 Å². The highest BCUT2D eigenvalue weighted by molar-refractivity contribution is 7.99. The Kier molecular flexibility index (Phi) is 6.48. The molecule has 0 radical (unpaired) electrons. The van der Waals surface area contributed by atoms with Crippen molar-refractivity contribution in [1.29, 1.82) is 0 Å². The van der Waals surface area contributed by atoms with Gasteiger partial charge in [0, 0.05) is 46.9 Å². The summed E-state index contributed by atoms with van der Waals surface area (Å²) in [6.45, 7) is 2.57. The summed E-state index contributed by atoms with van der Waals surface area (Å²) in [4.78, 5) is 24.2. The maximum atomic E-state index is 11.8. The lowest BCUT2D eigenvalue weighted by molar-refractivity contribution is -0.141. The summed E-state index contributed by atoms with van der Waals surface area (Å²) in [6.07, 6.45) is 0. The number of carboxylic acids is 1. The maximum absolute atomic E-state index is 11.8. The van der Waals surface area contributed by atoms with Gasteiger partial charge in [0.25, 0.3) is 0 Å². The molecule has 0 aromatic carbocycles. The Morgan fingerprint density at radius 2 is 2.28 bits per heavy atom. The van der Waals surface area contributed by atoms with E-state index in [4.69, 9.17) is 5.11 Å². The highest BCUT2D eigenvalue weighted by Gasteiger charge is 2.32. The summed E-state index contributed by atoms with van der Waals surface area (Å²) in [5.74, 6) is 1.16. The van der Waals surface area contributed by atoms with Crippen molar-refractivity contribution in [2.45, 2.75) is 13.0 Å². The highest BCUT2D eigenvalue weighted by atomic mass is 32.2. The van der Waals surface area contributed by atoms with Gasteiger partial charge in [0.1, 0.15) is 6.04 Å². The van der Waals surface area contributed by atoms with Gasteiger partial charge in [-0.25, -0.2) is 9.59 Å². The third-order valence-electron chi connectivity index (χ3n) is 2.60. The van der Waals surface area contributed by atoms with E-state index < -0.39 is 22.8 Å². The normalized spacial score (nSPS) is 21.4.